The SMILES string of the molecule is CC1(C)[C@H]2CC[C@@H](C2)[C@]1(C)N=C=S. The van der Waals surface area contributed by atoms with Crippen LogP contribution >= 0.6 is 12.2 Å². The van der Waals surface area contributed by atoms with Crippen LogP contribution in [0.4, 0.5) is 0 Å². The summed E-state index contributed by atoms with van der Waals surface area (Å²) < 4.78 is 0. The Morgan fingerprint density at radius 1 is 1.23 bits per heavy atom. The minimum atomic E-state index is 0.0671. The molecule has 0 aromatic carbocycles. The molecule has 0 aromatic rings. The Kier molecular flexibility index (Phi) is 1.91. The van der Waals surface area contributed by atoms with E-state index in [1.54, 1.807) is 0 Å². The molecule has 0 radical (unpaired) electrons. The molecule has 0 aromatic heterocycles. The van der Waals surface area contributed by atoms with Gasteiger partial charge in [0.2, 0.25) is 0 Å². The van der Waals surface area contributed by atoms with Crippen LogP contribution in [0.1, 0.15) is 40.0 Å². The van der Waals surface area contributed by atoms with E-state index in [2.05, 4.69) is 30.9 Å². The highest BCUT2D eigenvalue weighted by molar-refractivity contribution is 7.78. The molecule has 13 heavy (non-hydrogen) atoms. The van der Waals surface area contributed by atoms with Gasteiger partial charge in [-0.25, -0.2) is 4.99 Å². The van der Waals surface area contributed by atoms with Crippen LogP contribution in [-0.4, -0.2) is 10.7 Å². The summed E-state index contributed by atoms with van der Waals surface area (Å²) in [5.41, 5.74) is 0.388. The first kappa shape index (κ1) is 9.36. The van der Waals surface area contributed by atoms with Crippen LogP contribution in [0.25, 0.3) is 0 Å². The Morgan fingerprint density at radius 3 is 2.31 bits per heavy atom. The van der Waals surface area contributed by atoms with Crippen LogP contribution in [0.5, 0.6) is 0 Å². The highest BCUT2D eigenvalue weighted by Crippen LogP contribution is 2.62. The highest BCUT2D eigenvalue weighted by atomic mass is 32.1. The van der Waals surface area contributed by atoms with Gasteiger partial charge in [0.1, 0.15) is 0 Å². The number of fused-ring (bicyclic) bond motifs is 2. The highest BCUT2D eigenvalue weighted by Gasteiger charge is 2.60. The van der Waals surface area contributed by atoms with Crippen molar-refractivity contribution in [2.75, 3.05) is 0 Å². The average Bonchev–Trinajstić information content (AvgIpc) is 2.56. The summed E-state index contributed by atoms with van der Waals surface area (Å²) in [5.74, 6) is 1.61. The third-order valence-electron chi connectivity index (χ3n) is 4.83. The molecule has 2 aliphatic rings. The minimum Gasteiger partial charge on any atom is -0.225 e. The van der Waals surface area contributed by atoms with Crippen molar-refractivity contribution < 1.29 is 0 Å². The fourth-order valence-electron chi connectivity index (χ4n) is 3.42. The summed E-state index contributed by atoms with van der Waals surface area (Å²) in [7, 11) is 0. The van der Waals surface area contributed by atoms with Crippen LogP contribution in [0, 0.1) is 17.3 Å². The lowest BCUT2D eigenvalue weighted by Crippen LogP contribution is -2.45. The standard InChI is InChI=1S/C11H17NS/c1-10(2)8-4-5-9(6-8)11(10,3)12-7-13/h8-9H,4-6H2,1-3H3/t8-,9-,11-/m0/s1. The van der Waals surface area contributed by atoms with Crippen LogP contribution in [0.15, 0.2) is 4.99 Å². The van der Waals surface area contributed by atoms with Gasteiger partial charge in [-0.15, -0.1) is 0 Å². The van der Waals surface area contributed by atoms with Crippen LogP contribution in [-0.2, 0) is 0 Å². The largest absolute Gasteiger partial charge is 0.225 e. The molecule has 2 saturated carbocycles. The van der Waals surface area contributed by atoms with Crippen molar-refractivity contribution in [3.8, 4) is 0 Å². The maximum absolute atomic E-state index is 4.76. The van der Waals surface area contributed by atoms with Gasteiger partial charge in [-0.1, -0.05) is 13.8 Å². The summed E-state index contributed by atoms with van der Waals surface area (Å²) in [6.07, 6.45) is 4.08. The number of nitrogens with zero attached hydrogens (tertiary/aromatic N) is 1. The summed E-state index contributed by atoms with van der Waals surface area (Å²) in [5, 5.41) is 2.60. The monoisotopic (exact) mass is 195 g/mol. The molecule has 2 fully saturated rings. The van der Waals surface area contributed by atoms with E-state index in [4.69, 9.17) is 12.2 Å². The third-order valence-corrected chi connectivity index (χ3v) is 4.92. The van der Waals surface area contributed by atoms with Crippen molar-refractivity contribution in [1.29, 1.82) is 0 Å². The third kappa shape index (κ3) is 0.992. The van der Waals surface area contributed by atoms with E-state index in [-0.39, 0.29) is 5.54 Å². The van der Waals surface area contributed by atoms with Crippen LogP contribution in [0.2, 0.25) is 0 Å². The lowest BCUT2D eigenvalue weighted by molar-refractivity contribution is 0.105. The van der Waals surface area contributed by atoms with E-state index >= 15 is 0 Å². The van der Waals surface area contributed by atoms with E-state index in [1.807, 2.05) is 0 Å². The summed E-state index contributed by atoms with van der Waals surface area (Å²) in [6, 6.07) is 0. The van der Waals surface area contributed by atoms with Crippen molar-refractivity contribution in [2.24, 2.45) is 22.2 Å². The first-order valence-electron chi connectivity index (χ1n) is 5.11. The Bertz CT molecular complexity index is 278. The number of hydrogen-bond donors (Lipinski definition) is 0. The number of rotatable bonds is 1. The normalized spacial score (nSPS) is 46.1. The Morgan fingerprint density at radius 2 is 1.85 bits per heavy atom. The van der Waals surface area contributed by atoms with Crippen LogP contribution in [0.3, 0.4) is 0 Å². The van der Waals surface area contributed by atoms with Crippen LogP contribution < -0.4 is 0 Å². The number of isothiocyanates is 1. The zero-order valence-electron chi connectivity index (χ0n) is 8.63. The van der Waals surface area contributed by atoms with Crippen molar-refractivity contribution in [3.63, 3.8) is 0 Å². The van der Waals surface area contributed by atoms with E-state index in [1.165, 1.54) is 19.3 Å². The topological polar surface area (TPSA) is 12.4 Å². The van der Waals surface area contributed by atoms with Gasteiger partial charge in [0.25, 0.3) is 0 Å². The van der Waals surface area contributed by atoms with Gasteiger partial charge in [-0.2, -0.15) is 0 Å². The first-order valence-corrected chi connectivity index (χ1v) is 5.52. The second-order valence-electron chi connectivity index (χ2n) is 5.28. The maximum Gasteiger partial charge on any atom is 0.0764 e. The zero-order chi connectivity index (χ0) is 9.69. The molecular formula is C11H17NS. The molecule has 2 rings (SSSR count). The van der Waals surface area contributed by atoms with Gasteiger partial charge in [0, 0.05) is 0 Å². The summed E-state index contributed by atoms with van der Waals surface area (Å²) in [6.45, 7) is 6.94. The average molecular weight is 195 g/mol. The van der Waals surface area contributed by atoms with Gasteiger partial charge in [-0.05, 0) is 55.7 Å². The van der Waals surface area contributed by atoms with E-state index in [0.29, 0.717) is 5.41 Å². The van der Waals surface area contributed by atoms with Gasteiger partial charge in [0.05, 0.1) is 10.7 Å². The molecule has 0 aliphatic heterocycles. The Labute approximate surface area is 85.6 Å². The Hall–Kier alpha value is -0.200. The van der Waals surface area contributed by atoms with Gasteiger partial charge in [0.15, 0.2) is 0 Å². The second-order valence-corrected chi connectivity index (χ2v) is 5.46. The molecule has 0 unspecified atom stereocenters. The molecule has 0 N–H and O–H groups in total. The quantitative estimate of drug-likeness (QED) is 0.462. The smallest absolute Gasteiger partial charge is 0.0764 e. The molecule has 1 nitrogen and oxygen atoms in total. The first-order chi connectivity index (χ1) is 6.02. The molecular weight excluding hydrogens is 178 g/mol. The molecule has 2 heteroatoms. The van der Waals surface area contributed by atoms with E-state index in [0.717, 1.165) is 11.8 Å². The van der Waals surface area contributed by atoms with Crippen molar-refractivity contribution in [1.82, 2.24) is 0 Å². The summed E-state index contributed by atoms with van der Waals surface area (Å²) in [4.78, 5) is 4.46. The van der Waals surface area contributed by atoms with Gasteiger partial charge in [-0.3, -0.25) is 0 Å². The molecule has 0 saturated heterocycles. The molecule has 0 heterocycles. The van der Waals surface area contributed by atoms with Gasteiger partial charge < -0.3 is 0 Å². The fraction of sp³-hybridized carbons (Fsp3) is 0.909. The van der Waals surface area contributed by atoms with Crippen molar-refractivity contribution in [2.45, 2.75) is 45.6 Å². The van der Waals surface area contributed by atoms with Crippen molar-refractivity contribution >= 4 is 17.4 Å². The molecule has 2 aliphatic carbocycles. The molecule has 3 atom stereocenters. The van der Waals surface area contributed by atoms with E-state index < -0.39 is 0 Å². The lowest BCUT2D eigenvalue weighted by Gasteiger charge is -2.43. The molecule has 2 bridgehead atoms. The summed E-state index contributed by atoms with van der Waals surface area (Å²) >= 11 is 4.76. The second kappa shape index (κ2) is 2.65. The minimum absolute atomic E-state index is 0.0671. The lowest BCUT2D eigenvalue weighted by atomic mass is 9.64. The molecule has 0 spiro atoms. The number of hydrogen-bond acceptors (Lipinski definition) is 2. The predicted molar refractivity (Wildman–Crippen MR) is 58.0 cm³/mol. The van der Waals surface area contributed by atoms with E-state index in [9.17, 15) is 0 Å². The maximum atomic E-state index is 4.76. The van der Waals surface area contributed by atoms with Gasteiger partial charge >= 0.3 is 0 Å². The van der Waals surface area contributed by atoms with Crippen molar-refractivity contribution in [3.05, 3.63) is 0 Å². The molecule has 72 valence electrons. The molecule has 0 amide bonds. The predicted octanol–water partition coefficient (Wildman–Crippen LogP) is 3.30. The Balaban J connectivity index is 2.43. The number of aliphatic imine (C=N–C) groups is 1. The zero-order valence-corrected chi connectivity index (χ0v) is 9.45. The number of thiocarbonyl (C=S) groups is 1. The fourth-order valence-corrected chi connectivity index (χ4v) is 3.61.